The Hall–Kier alpha value is -8.19. The van der Waals surface area contributed by atoms with Crippen LogP contribution in [0.25, 0.3) is 27.9 Å². The van der Waals surface area contributed by atoms with E-state index >= 15 is 0 Å². The Morgan fingerprint density at radius 3 is 2.47 bits per heavy atom. The first-order chi connectivity index (χ1) is 30.0. The van der Waals surface area contributed by atoms with Gasteiger partial charge in [0.25, 0.3) is 11.8 Å². The fraction of sp³-hybridized carbons (Fsp3) is 0.196. The van der Waals surface area contributed by atoms with E-state index in [4.69, 9.17) is 19.6 Å². The number of amides is 2. The molecule has 310 valence electrons. The number of anilines is 3. The van der Waals surface area contributed by atoms with Crippen LogP contribution in [0.3, 0.4) is 0 Å². The van der Waals surface area contributed by atoms with Crippen LogP contribution in [0.15, 0.2) is 107 Å². The number of benzene rings is 4. The monoisotopic (exact) mass is 828 g/mol. The third kappa shape index (κ3) is 6.65. The lowest BCUT2D eigenvalue weighted by molar-refractivity contribution is 0.0791. The van der Waals surface area contributed by atoms with Crippen LogP contribution in [0, 0.1) is 11.5 Å². The lowest BCUT2D eigenvalue weighted by Gasteiger charge is -2.37. The average Bonchev–Trinajstić information content (AvgIpc) is 3.84. The van der Waals surface area contributed by atoms with Gasteiger partial charge in [-0.15, -0.1) is 0 Å². The van der Waals surface area contributed by atoms with Gasteiger partial charge < -0.3 is 39.7 Å². The van der Waals surface area contributed by atoms with E-state index < -0.39 is 23.0 Å². The molecule has 16 heteroatoms. The van der Waals surface area contributed by atoms with Crippen molar-refractivity contribution in [2.45, 2.75) is 32.5 Å². The lowest BCUT2D eigenvalue weighted by atomic mass is 9.79. The van der Waals surface area contributed by atoms with Crippen molar-refractivity contribution in [3.63, 3.8) is 0 Å². The number of rotatable bonds is 11. The van der Waals surface area contributed by atoms with Crippen molar-refractivity contribution in [2.24, 2.45) is 0 Å². The highest BCUT2D eigenvalue weighted by Crippen LogP contribution is 2.53. The van der Waals surface area contributed by atoms with Gasteiger partial charge in [0.1, 0.15) is 34.8 Å². The summed E-state index contributed by atoms with van der Waals surface area (Å²) in [4.78, 5) is 62.3. The Morgan fingerprint density at radius 2 is 1.71 bits per heavy atom. The fourth-order valence-corrected chi connectivity index (χ4v) is 8.03. The van der Waals surface area contributed by atoms with Gasteiger partial charge in [-0.05, 0) is 73.5 Å². The number of aromatic amines is 1. The van der Waals surface area contributed by atoms with Gasteiger partial charge >= 0.3 is 5.63 Å². The van der Waals surface area contributed by atoms with Crippen LogP contribution < -0.4 is 35.9 Å². The molecule has 4 N–H and O–H groups in total. The molecule has 1 atom stereocenters. The van der Waals surface area contributed by atoms with Gasteiger partial charge in [0.05, 0.1) is 6.33 Å². The quantitative estimate of drug-likeness (QED) is 0.1000. The summed E-state index contributed by atoms with van der Waals surface area (Å²) in [5.41, 5.74) is 9.76. The fourth-order valence-electron chi connectivity index (χ4n) is 8.03. The molecule has 9 rings (SSSR count). The van der Waals surface area contributed by atoms with Crippen molar-refractivity contribution < 1.29 is 23.5 Å². The molecule has 0 fully saturated rings. The van der Waals surface area contributed by atoms with Crippen molar-refractivity contribution in [3.05, 3.63) is 147 Å². The summed E-state index contributed by atoms with van der Waals surface area (Å²) in [6, 6.07) is 25.1. The number of imidazole rings is 1. The highest BCUT2D eigenvalue weighted by Gasteiger charge is 2.54. The van der Waals surface area contributed by atoms with E-state index in [1.54, 1.807) is 42.5 Å². The summed E-state index contributed by atoms with van der Waals surface area (Å²) >= 11 is 0. The summed E-state index contributed by atoms with van der Waals surface area (Å²) in [6.45, 7) is 6.07. The van der Waals surface area contributed by atoms with Crippen LogP contribution in [0.4, 0.5) is 17.3 Å². The summed E-state index contributed by atoms with van der Waals surface area (Å²) in [6.07, 6.45) is 5.20. The van der Waals surface area contributed by atoms with Gasteiger partial charge in [-0.2, -0.15) is 15.2 Å². The zero-order valence-corrected chi connectivity index (χ0v) is 34.2. The number of nitrogen functional groups attached to an aromatic ring is 1. The Balaban J connectivity index is 1.04. The number of hydrogen-bond acceptors (Lipinski definition) is 13. The number of nitrogens with two attached hydrogens (primary N) is 1. The van der Waals surface area contributed by atoms with Crippen LogP contribution in [0.1, 0.15) is 62.4 Å². The van der Waals surface area contributed by atoms with E-state index in [2.05, 4.69) is 50.2 Å². The van der Waals surface area contributed by atoms with Crippen LogP contribution >= 0.6 is 0 Å². The van der Waals surface area contributed by atoms with Crippen LogP contribution in [0.5, 0.6) is 11.6 Å². The Labute approximate surface area is 354 Å². The zero-order chi connectivity index (χ0) is 43.3. The summed E-state index contributed by atoms with van der Waals surface area (Å²) in [7, 11) is 3.75. The average molecular weight is 829 g/mol. The largest absolute Gasteiger partial charge is 0.471 e. The summed E-state index contributed by atoms with van der Waals surface area (Å²) in [5.74, 6) is -0.222. The van der Waals surface area contributed by atoms with Gasteiger partial charge in [-0.25, -0.2) is 14.7 Å². The minimum atomic E-state index is -1.59. The third-order valence-electron chi connectivity index (χ3n) is 11.3. The second kappa shape index (κ2) is 15.4. The number of carbonyl (C=O) groups excluding carboxylic acids is 2. The molecule has 0 saturated carbocycles. The molecule has 62 heavy (non-hydrogen) atoms. The number of nitrogens with one attached hydrogen (secondary N) is 2. The number of fused-ring (bicyclic) bond motifs is 6. The SMILES string of the molecule is CCN(CC)c1ccc2cc(C3=CC4(c5ccc(N(C)C)cc5O3)c3cc(C(=O)NCc5ccc(COc6nc(N)nc7[nH]cnc67)cc5)ccc3C(=O)N4C#N)c(=O)oc2c1. The maximum Gasteiger partial charge on any atom is 0.347 e. The highest BCUT2D eigenvalue weighted by atomic mass is 16.5. The van der Waals surface area contributed by atoms with Crippen molar-refractivity contribution in [1.82, 2.24) is 30.2 Å². The maximum absolute atomic E-state index is 14.1. The van der Waals surface area contributed by atoms with E-state index in [0.717, 1.165) is 40.5 Å². The zero-order valence-electron chi connectivity index (χ0n) is 34.2. The first-order valence-electron chi connectivity index (χ1n) is 19.9. The van der Waals surface area contributed by atoms with Gasteiger partial charge in [-0.3, -0.25) is 9.59 Å². The number of carbonyl (C=O) groups is 2. The molecule has 2 amide bonds. The first-order valence-corrected chi connectivity index (χ1v) is 19.9. The topological polar surface area (TPSA) is 209 Å². The smallest absolute Gasteiger partial charge is 0.347 e. The van der Waals surface area contributed by atoms with E-state index in [0.29, 0.717) is 39.0 Å². The molecule has 4 aromatic carbocycles. The summed E-state index contributed by atoms with van der Waals surface area (Å²) in [5, 5.41) is 14.3. The van der Waals surface area contributed by atoms with Crippen LogP contribution in [0.2, 0.25) is 0 Å². The van der Waals surface area contributed by atoms with Gasteiger partial charge in [-0.1, -0.05) is 30.3 Å². The number of hydrogen-bond donors (Lipinski definition) is 3. The molecule has 5 heterocycles. The van der Waals surface area contributed by atoms with Crippen LogP contribution in [-0.2, 0) is 18.7 Å². The molecule has 2 aliphatic rings. The number of ether oxygens (including phenoxy) is 2. The molecule has 1 unspecified atom stereocenters. The predicted octanol–water partition coefficient (Wildman–Crippen LogP) is 6.08. The Bertz CT molecular complexity index is 3070. The third-order valence-corrected chi connectivity index (χ3v) is 11.3. The second-order valence-electron chi connectivity index (χ2n) is 15.1. The van der Waals surface area contributed by atoms with Crippen molar-refractivity contribution in [3.8, 4) is 17.8 Å². The summed E-state index contributed by atoms with van der Waals surface area (Å²) < 4.78 is 18.3. The predicted molar refractivity (Wildman–Crippen MR) is 232 cm³/mol. The molecule has 0 bridgehead atoms. The van der Waals surface area contributed by atoms with Gasteiger partial charge in [0.2, 0.25) is 11.8 Å². The maximum atomic E-state index is 14.1. The first kappa shape index (κ1) is 39.3. The molecule has 7 aromatic rings. The van der Waals surface area contributed by atoms with E-state index in [1.165, 1.54) is 6.33 Å². The van der Waals surface area contributed by atoms with Crippen molar-refractivity contribution in [2.75, 3.05) is 42.7 Å². The normalized spacial score (nSPS) is 15.2. The van der Waals surface area contributed by atoms with Gasteiger partial charge in [0.15, 0.2) is 17.4 Å². The molecular formula is C46H40N10O6. The molecule has 0 radical (unpaired) electrons. The van der Waals surface area contributed by atoms with Gasteiger partial charge in [0, 0.05) is 84.9 Å². The lowest BCUT2D eigenvalue weighted by Crippen LogP contribution is -2.42. The molecule has 3 aromatic heterocycles. The molecule has 1 spiro atoms. The Kier molecular flexibility index (Phi) is 9.78. The van der Waals surface area contributed by atoms with Crippen molar-refractivity contribution in [1.29, 1.82) is 5.26 Å². The number of aromatic nitrogens is 4. The van der Waals surface area contributed by atoms with Crippen LogP contribution in [-0.4, -0.2) is 63.8 Å². The minimum absolute atomic E-state index is 0.0625. The Morgan fingerprint density at radius 1 is 0.935 bits per heavy atom. The van der Waals surface area contributed by atoms with E-state index in [1.807, 2.05) is 67.5 Å². The van der Waals surface area contributed by atoms with Crippen molar-refractivity contribution >= 4 is 57.0 Å². The molecule has 16 nitrogen and oxygen atoms in total. The minimum Gasteiger partial charge on any atom is -0.471 e. The molecule has 0 saturated heterocycles. The molecule has 2 aliphatic heterocycles. The second-order valence-corrected chi connectivity index (χ2v) is 15.1. The molecule has 0 aliphatic carbocycles. The standard InChI is InChI=1S/C46H40N10O6/c1-5-55(6-2)31-13-11-28-17-33(44(59)62-36(28)20-31)38-21-46(34-16-14-30(54(3)4)19-37(34)61-38)35-18-29(12-15-32(35)43(58)56(46)24-47)41(57)49-22-26-7-9-27(10-8-26)23-60-42-39-40(51-25-50-39)52-45(48)53-42/h7-21,25H,5-6,22-23H2,1-4H3,(H,49,57)(H3,48,50,51,52,53). The highest BCUT2D eigenvalue weighted by molar-refractivity contribution is 6.05. The molecular weight excluding hydrogens is 789 g/mol. The van der Waals surface area contributed by atoms with E-state index in [9.17, 15) is 19.6 Å². The number of nitriles is 1. The number of H-pyrrole nitrogens is 1. The number of nitrogens with zero attached hydrogens (tertiary/aromatic N) is 7. The van der Waals surface area contributed by atoms with E-state index in [-0.39, 0.29) is 47.4 Å².